The summed E-state index contributed by atoms with van der Waals surface area (Å²) in [4.78, 5) is 33.7. The quantitative estimate of drug-likeness (QED) is 0.873. The van der Waals surface area contributed by atoms with Crippen molar-refractivity contribution in [3.63, 3.8) is 0 Å². The number of carbonyl (C=O) groups is 2. The Bertz CT molecular complexity index is 664. The van der Waals surface area contributed by atoms with E-state index in [1.54, 1.807) is 0 Å². The van der Waals surface area contributed by atoms with Crippen molar-refractivity contribution in [3.8, 4) is 0 Å². The Hall–Kier alpha value is -1.47. The van der Waals surface area contributed by atoms with Crippen molar-refractivity contribution >= 4 is 23.2 Å². The number of thiazole rings is 1. The number of likely N-dealkylation sites (tertiary alicyclic amines) is 2. The lowest BCUT2D eigenvalue weighted by atomic mass is 9.93. The van der Waals surface area contributed by atoms with E-state index in [4.69, 9.17) is 0 Å². The predicted molar refractivity (Wildman–Crippen MR) is 101 cm³/mol. The Morgan fingerprint density at radius 3 is 2.58 bits per heavy atom. The third-order valence-electron chi connectivity index (χ3n) is 5.85. The van der Waals surface area contributed by atoms with Gasteiger partial charge in [0.15, 0.2) is 0 Å². The SMILES string of the molecule is Cc1nc(C(=O)N2CCC(N3CCCC(C(=O)NC4CC4)C3)CC2)cs1. The van der Waals surface area contributed by atoms with E-state index in [0.717, 1.165) is 69.7 Å². The highest BCUT2D eigenvalue weighted by Crippen LogP contribution is 2.26. The average Bonchev–Trinajstić information content (AvgIpc) is 3.38. The van der Waals surface area contributed by atoms with Crippen LogP contribution in [-0.4, -0.2) is 64.9 Å². The molecule has 1 N–H and O–H groups in total. The molecule has 2 amide bonds. The number of hydrogen-bond acceptors (Lipinski definition) is 5. The number of piperidine rings is 2. The molecular weight excluding hydrogens is 348 g/mol. The zero-order valence-corrected chi connectivity index (χ0v) is 16.3. The minimum atomic E-state index is 0.0631. The summed E-state index contributed by atoms with van der Waals surface area (Å²) in [5.41, 5.74) is 0.584. The fourth-order valence-corrected chi connectivity index (χ4v) is 4.74. The summed E-state index contributed by atoms with van der Waals surface area (Å²) in [5, 5.41) is 5.96. The third kappa shape index (κ3) is 4.09. The fourth-order valence-electron chi connectivity index (χ4n) is 4.16. The van der Waals surface area contributed by atoms with Gasteiger partial charge < -0.3 is 10.2 Å². The number of aryl methyl sites for hydroxylation is 1. The van der Waals surface area contributed by atoms with Crippen LogP contribution < -0.4 is 5.32 Å². The summed E-state index contributed by atoms with van der Waals surface area (Å²) in [5.74, 6) is 0.457. The molecule has 1 aromatic rings. The Kier molecular flexibility index (Phi) is 5.27. The molecule has 4 rings (SSSR count). The molecule has 1 saturated carbocycles. The van der Waals surface area contributed by atoms with Crippen LogP contribution in [0, 0.1) is 12.8 Å². The van der Waals surface area contributed by atoms with Crippen LogP contribution in [0.4, 0.5) is 0 Å². The zero-order valence-electron chi connectivity index (χ0n) is 15.4. The lowest BCUT2D eigenvalue weighted by Gasteiger charge is -2.42. The molecule has 2 aliphatic heterocycles. The van der Waals surface area contributed by atoms with E-state index in [2.05, 4.69) is 15.2 Å². The molecule has 0 aromatic carbocycles. The number of carbonyl (C=O) groups excluding carboxylic acids is 2. The van der Waals surface area contributed by atoms with E-state index in [9.17, 15) is 9.59 Å². The molecule has 0 radical (unpaired) electrons. The van der Waals surface area contributed by atoms with Crippen molar-refractivity contribution in [1.82, 2.24) is 20.1 Å². The first-order valence-corrected chi connectivity index (χ1v) is 10.7. The third-order valence-corrected chi connectivity index (χ3v) is 6.63. The Balaban J connectivity index is 1.28. The molecule has 2 saturated heterocycles. The summed E-state index contributed by atoms with van der Waals surface area (Å²) in [6, 6.07) is 0.939. The predicted octanol–water partition coefficient (Wildman–Crippen LogP) is 2.05. The number of rotatable bonds is 4. The Labute approximate surface area is 159 Å². The Morgan fingerprint density at radius 1 is 1.15 bits per heavy atom. The van der Waals surface area contributed by atoms with Gasteiger partial charge in [-0.1, -0.05) is 0 Å². The van der Waals surface area contributed by atoms with Gasteiger partial charge in [-0.05, 0) is 52.0 Å². The van der Waals surface area contributed by atoms with Crippen LogP contribution in [0.3, 0.4) is 0 Å². The largest absolute Gasteiger partial charge is 0.353 e. The second-order valence-electron chi connectivity index (χ2n) is 7.89. The monoisotopic (exact) mass is 376 g/mol. The van der Waals surface area contributed by atoms with Gasteiger partial charge in [0.25, 0.3) is 5.91 Å². The summed E-state index contributed by atoms with van der Waals surface area (Å²) in [7, 11) is 0. The topological polar surface area (TPSA) is 65.5 Å². The van der Waals surface area contributed by atoms with E-state index in [0.29, 0.717) is 17.8 Å². The first-order chi connectivity index (χ1) is 12.6. The molecular formula is C19H28N4O2S. The van der Waals surface area contributed by atoms with Gasteiger partial charge in [-0.3, -0.25) is 14.5 Å². The summed E-state index contributed by atoms with van der Waals surface area (Å²) in [6.07, 6.45) is 6.38. The van der Waals surface area contributed by atoms with Crippen LogP contribution in [0.5, 0.6) is 0 Å². The lowest BCUT2D eigenvalue weighted by molar-refractivity contribution is -0.127. The van der Waals surface area contributed by atoms with Gasteiger partial charge in [0.1, 0.15) is 5.69 Å². The maximum atomic E-state index is 12.5. The minimum absolute atomic E-state index is 0.0631. The molecule has 3 aliphatic rings. The highest BCUT2D eigenvalue weighted by molar-refractivity contribution is 7.09. The molecule has 0 spiro atoms. The number of aromatic nitrogens is 1. The highest BCUT2D eigenvalue weighted by atomic mass is 32.1. The summed E-state index contributed by atoms with van der Waals surface area (Å²) in [6.45, 7) is 5.46. The Morgan fingerprint density at radius 2 is 1.92 bits per heavy atom. The minimum Gasteiger partial charge on any atom is -0.353 e. The summed E-state index contributed by atoms with van der Waals surface area (Å²) < 4.78 is 0. The zero-order chi connectivity index (χ0) is 18.1. The molecule has 1 aromatic heterocycles. The molecule has 7 heteroatoms. The van der Waals surface area contributed by atoms with Crippen LogP contribution in [0.15, 0.2) is 5.38 Å². The van der Waals surface area contributed by atoms with E-state index < -0.39 is 0 Å². The van der Waals surface area contributed by atoms with Gasteiger partial charge in [-0.25, -0.2) is 4.98 Å². The average molecular weight is 377 g/mol. The van der Waals surface area contributed by atoms with Crippen molar-refractivity contribution < 1.29 is 9.59 Å². The highest BCUT2D eigenvalue weighted by Gasteiger charge is 2.34. The summed E-state index contributed by atoms with van der Waals surface area (Å²) >= 11 is 1.53. The first-order valence-electron chi connectivity index (χ1n) is 9.86. The van der Waals surface area contributed by atoms with Gasteiger partial charge >= 0.3 is 0 Å². The van der Waals surface area contributed by atoms with Crippen molar-refractivity contribution in [3.05, 3.63) is 16.1 Å². The molecule has 142 valence electrons. The van der Waals surface area contributed by atoms with E-state index in [1.165, 1.54) is 11.3 Å². The van der Waals surface area contributed by atoms with Crippen molar-refractivity contribution in [2.24, 2.45) is 5.92 Å². The maximum absolute atomic E-state index is 12.5. The molecule has 3 fully saturated rings. The standard InChI is InChI=1S/C19H28N4O2S/c1-13-20-17(12-26-13)19(25)22-9-6-16(7-10-22)23-8-2-3-14(11-23)18(24)21-15-4-5-15/h12,14-16H,2-11H2,1H3,(H,21,24). The molecule has 3 heterocycles. The first kappa shape index (κ1) is 17.9. The van der Waals surface area contributed by atoms with Crippen molar-refractivity contribution in [2.45, 2.75) is 57.5 Å². The second-order valence-corrected chi connectivity index (χ2v) is 8.95. The molecule has 1 unspecified atom stereocenters. The lowest BCUT2D eigenvalue weighted by Crippen LogP contribution is -2.51. The second kappa shape index (κ2) is 7.64. The van der Waals surface area contributed by atoms with Gasteiger partial charge in [-0.2, -0.15) is 0 Å². The normalized spacial score (nSPS) is 25.3. The van der Waals surface area contributed by atoms with E-state index in [1.807, 2.05) is 17.2 Å². The van der Waals surface area contributed by atoms with Gasteiger partial charge in [0, 0.05) is 37.1 Å². The van der Waals surface area contributed by atoms with Gasteiger partial charge in [0.2, 0.25) is 5.91 Å². The molecule has 1 atom stereocenters. The van der Waals surface area contributed by atoms with Crippen LogP contribution in [-0.2, 0) is 4.79 Å². The van der Waals surface area contributed by atoms with Gasteiger partial charge in [-0.15, -0.1) is 11.3 Å². The number of nitrogens with one attached hydrogen (secondary N) is 1. The van der Waals surface area contributed by atoms with Crippen LogP contribution in [0.2, 0.25) is 0 Å². The number of amides is 2. The smallest absolute Gasteiger partial charge is 0.273 e. The van der Waals surface area contributed by atoms with Crippen molar-refractivity contribution in [1.29, 1.82) is 0 Å². The van der Waals surface area contributed by atoms with Crippen LogP contribution in [0.1, 0.15) is 54.0 Å². The molecule has 26 heavy (non-hydrogen) atoms. The van der Waals surface area contributed by atoms with Crippen LogP contribution in [0.25, 0.3) is 0 Å². The van der Waals surface area contributed by atoms with E-state index >= 15 is 0 Å². The molecule has 1 aliphatic carbocycles. The maximum Gasteiger partial charge on any atom is 0.273 e. The fraction of sp³-hybridized carbons (Fsp3) is 0.737. The molecule has 0 bridgehead atoms. The number of hydrogen-bond donors (Lipinski definition) is 1. The molecule has 6 nitrogen and oxygen atoms in total. The van der Waals surface area contributed by atoms with Crippen molar-refractivity contribution in [2.75, 3.05) is 26.2 Å². The number of nitrogens with zero attached hydrogens (tertiary/aromatic N) is 3. The van der Waals surface area contributed by atoms with E-state index in [-0.39, 0.29) is 17.7 Å². The van der Waals surface area contributed by atoms with Crippen LogP contribution >= 0.6 is 11.3 Å². The van der Waals surface area contributed by atoms with Gasteiger partial charge in [0.05, 0.1) is 10.9 Å².